The Labute approximate surface area is 144 Å². The molecule has 3 rings (SSSR count). The lowest BCUT2D eigenvalue weighted by molar-refractivity contribution is 0.102. The van der Waals surface area contributed by atoms with Gasteiger partial charge in [0.2, 0.25) is 0 Å². The summed E-state index contributed by atoms with van der Waals surface area (Å²) in [6.45, 7) is 0. The van der Waals surface area contributed by atoms with Crippen LogP contribution in [0.25, 0.3) is 10.9 Å². The Kier molecular flexibility index (Phi) is 4.53. The molecule has 2 aromatic carbocycles. The van der Waals surface area contributed by atoms with Gasteiger partial charge in [-0.3, -0.25) is 4.79 Å². The van der Waals surface area contributed by atoms with Gasteiger partial charge in [0, 0.05) is 22.2 Å². The number of pyridine rings is 1. The number of aromatic nitrogens is 1. The molecule has 1 aromatic heterocycles. The Balaban J connectivity index is 1.92. The number of ether oxygens (including phenoxy) is 2. The molecule has 5 nitrogen and oxygen atoms in total. The van der Waals surface area contributed by atoms with E-state index in [2.05, 4.69) is 10.3 Å². The van der Waals surface area contributed by atoms with Gasteiger partial charge in [-0.1, -0.05) is 11.6 Å². The van der Waals surface area contributed by atoms with Crippen molar-refractivity contribution in [3.63, 3.8) is 0 Å². The molecule has 0 fully saturated rings. The summed E-state index contributed by atoms with van der Waals surface area (Å²) >= 11 is 6.01. The van der Waals surface area contributed by atoms with Crippen molar-refractivity contribution >= 4 is 34.1 Å². The number of rotatable bonds is 4. The third kappa shape index (κ3) is 3.26. The molecule has 0 spiro atoms. The number of nitrogens with zero attached hydrogens (tertiary/aromatic N) is 1. The number of methoxy groups -OCH3 is 2. The van der Waals surface area contributed by atoms with Crippen molar-refractivity contribution in [2.75, 3.05) is 19.5 Å². The predicted octanol–water partition coefficient (Wildman–Crippen LogP) is 4.16. The van der Waals surface area contributed by atoms with E-state index in [4.69, 9.17) is 21.1 Å². The maximum absolute atomic E-state index is 12.5. The highest BCUT2D eigenvalue weighted by atomic mass is 35.5. The number of hydrogen-bond donors (Lipinski definition) is 1. The first kappa shape index (κ1) is 16.1. The second-order valence-corrected chi connectivity index (χ2v) is 5.49. The average molecular weight is 343 g/mol. The summed E-state index contributed by atoms with van der Waals surface area (Å²) in [6.07, 6.45) is 0. The quantitative estimate of drug-likeness (QED) is 0.773. The number of halogens is 1. The zero-order chi connectivity index (χ0) is 17.1. The number of amides is 1. The van der Waals surface area contributed by atoms with E-state index < -0.39 is 0 Å². The summed E-state index contributed by atoms with van der Waals surface area (Å²) in [5.41, 5.74) is 1.55. The fourth-order valence-electron chi connectivity index (χ4n) is 2.32. The summed E-state index contributed by atoms with van der Waals surface area (Å²) < 4.78 is 10.5. The fourth-order valence-corrected chi connectivity index (χ4v) is 2.49. The van der Waals surface area contributed by atoms with Crippen LogP contribution in [0.2, 0.25) is 5.02 Å². The number of hydrogen-bond acceptors (Lipinski definition) is 4. The minimum absolute atomic E-state index is 0.262. The van der Waals surface area contributed by atoms with E-state index in [-0.39, 0.29) is 11.6 Å². The van der Waals surface area contributed by atoms with Crippen LogP contribution in [0.15, 0.2) is 48.5 Å². The lowest BCUT2D eigenvalue weighted by atomic mass is 10.1. The van der Waals surface area contributed by atoms with Gasteiger partial charge in [0.25, 0.3) is 5.91 Å². The van der Waals surface area contributed by atoms with Gasteiger partial charge < -0.3 is 14.8 Å². The standard InChI is InChI=1S/C18H15ClN2O3/c1-23-13-6-4-12(5-7-13)20-18(22)16-10-17(24-2)14-9-11(19)3-8-15(14)21-16/h3-10H,1-2H3,(H,20,22). The van der Waals surface area contributed by atoms with Gasteiger partial charge in [0.1, 0.15) is 17.2 Å². The van der Waals surface area contributed by atoms with E-state index in [1.54, 1.807) is 62.8 Å². The molecule has 0 aliphatic heterocycles. The smallest absolute Gasteiger partial charge is 0.274 e. The minimum atomic E-state index is -0.324. The predicted molar refractivity (Wildman–Crippen MR) is 94.3 cm³/mol. The van der Waals surface area contributed by atoms with E-state index in [0.29, 0.717) is 22.0 Å². The van der Waals surface area contributed by atoms with Gasteiger partial charge in [0.15, 0.2) is 0 Å². The Hall–Kier alpha value is -2.79. The molecule has 0 saturated carbocycles. The van der Waals surface area contributed by atoms with E-state index in [1.165, 1.54) is 0 Å². The van der Waals surface area contributed by atoms with Crippen LogP contribution in [0.1, 0.15) is 10.5 Å². The molecule has 0 saturated heterocycles. The van der Waals surface area contributed by atoms with Crippen molar-refractivity contribution in [1.29, 1.82) is 0 Å². The number of fused-ring (bicyclic) bond motifs is 1. The van der Waals surface area contributed by atoms with Gasteiger partial charge in [-0.25, -0.2) is 4.98 Å². The summed E-state index contributed by atoms with van der Waals surface area (Å²) in [7, 11) is 3.13. The first-order valence-electron chi connectivity index (χ1n) is 7.20. The first-order valence-corrected chi connectivity index (χ1v) is 7.58. The molecule has 0 unspecified atom stereocenters. The Morgan fingerprint density at radius 2 is 1.79 bits per heavy atom. The molecule has 3 aromatic rings. The molecule has 1 heterocycles. The number of carbonyl (C=O) groups is 1. The molecular formula is C18H15ClN2O3. The molecule has 0 bridgehead atoms. The van der Waals surface area contributed by atoms with Crippen LogP contribution in [0.3, 0.4) is 0 Å². The topological polar surface area (TPSA) is 60.5 Å². The highest BCUT2D eigenvalue weighted by molar-refractivity contribution is 6.31. The highest BCUT2D eigenvalue weighted by Crippen LogP contribution is 2.28. The SMILES string of the molecule is COc1ccc(NC(=O)c2cc(OC)c3cc(Cl)ccc3n2)cc1. The van der Waals surface area contributed by atoms with E-state index in [0.717, 1.165) is 11.1 Å². The van der Waals surface area contributed by atoms with Gasteiger partial charge in [0.05, 0.1) is 19.7 Å². The van der Waals surface area contributed by atoms with E-state index in [9.17, 15) is 4.79 Å². The maximum Gasteiger partial charge on any atom is 0.274 e. The third-order valence-corrected chi connectivity index (χ3v) is 3.77. The lowest BCUT2D eigenvalue weighted by Crippen LogP contribution is -2.14. The molecule has 1 amide bonds. The minimum Gasteiger partial charge on any atom is -0.497 e. The average Bonchev–Trinajstić information content (AvgIpc) is 2.61. The second kappa shape index (κ2) is 6.76. The summed E-state index contributed by atoms with van der Waals surface area (Å²) in [4.78, 5) is 16.8. The van der Waals surface area contributed by atoms with Crippen LogP contribution in [-0.2, 0) is 0 Å². The zero-order valence-corrected chi connectivity index (χ0v) is 13.9. The van der Waals surface area contributed by atoms with Gasteiger partial charge in [-0.05, 0) is 42.5 Å². The zero-order valence-electron chi connectivity index (χ0n) is 13.2. The molecule has 24 heavy (non-hydrogen) atoms. The normalized spacial score (nSPS) is 10.5. The van der Waals surface area contributed by atoms with Crippen LogP contribution >= 0.6 is 11.6 Å². The van der Waals surface area contributed by atoms with Crippen LogP contribution in [0, 0.1) is 0 Å². The molecule has 122 valence electrons. The highest BCUT2D eigenvalue weighted by Gasteiger charge is 2.13. The fraction of sp³-hybridized carbons (Fsp3) is 0.111. The summed E-state index contributed by atoms with van der Waals surface area (Å²) in [5, 5.41) is 4.14. The number of carbonyl (C=O) groups excluding carboxylic acids is 1. The van der Waals surface area contributed by atoms with Crippen molar-refractivity contribution < 1.29 is 14.3 Å². The van der Waals surface area contributed by atoms with Gasteiger partial charge in [-0.2, -0.15) is 0 Å². The van der Waals surface area contributed by atoms with Crippen molar-refractivity contribution in [3.8, 4) is 11.5 Å². The van der Waals surface area contributed by atoms with Crippen molar-refractivity contribution in [2.24, 2.45) is 0 Å². The van der Waals surface area contributed by atoms with Crippen molar-refractivity contribution in [2.45, 2.75) is 0 Å². The number of anilines is 1. The third-order valence-electron chi connectivity index (χ3n) is 3.53. The molecular weight excluding hydrogens is 328 g/mol. The molecule has 0 atom stereocenters. The number of nitrogens with one attached hydrogen (secondary N) is 1. The lowest BCUT2D eigenvalue weighted by Gasteiger charge is -2.10. The molecule has 1 N–H and O–H groups in total. The molecule has 0 radical (unpaired) electrons. The maximum atomic E-state index is 12.5. The van der Waals surface area contributed by atoms with Crippen molar-refractivity contribution in [1.82, 2.24) is 4.98 Å². The monoisotopic (exact) mass is 342 g/mol. The van der Waals surface area contributed by atoms with Gasteiger partial charge in [-0.15, -0.1) is 0 Å². The Morgan fingerprint density at radius 3 is 2.46 bits per heavy atom. The number of benzene rings is 2. The van der Waals surface area contributed by atoms with Gasteiger partial charge >= 0.3 is 0 Å². The first-order chi connectivity index (χ1) is 11.6. The van der Waals surface area contributed by atoms with Crippen molar-refractivity contribution in [3.05, 3.63) is 59.2 Å². The Morgan fingerprint density at radius 1 is 1.04 bits per heavy atom. The molecule has 6 heteroatoms. The molecule has 0 aliphatic rings. The van der Waals surface area contributed by atoms with Crippen LogP contribution < -0.4 is 14.8 Å². The molecule has 0 aliphatic carbocycles. The summed E-state index contributed by atoms with van der Waals surface area (Å²) in [6, 6.07) is 13.9. The van der Waals surface area contributed by atoms with E-state index in [1.807, 2.05) is 0 Å². The van der Waals surface area contributed by atoms with Crippen LogP contribution in [0.5, 0.6) is 11.5 Å². The Bertz CT molecular complexity index is 895. The largest absolute Gasteiger partial charge is 0.497 e. The second-order valence-electron chi connectivity index (χ2n) is 5.05. The summed E-state index contributed by atoms with van der Waals surface area (Å²) in [5.74, 6) is 0.938. The van der Waals surface area contributed by atoms with E-state index >= 15 is 0 Å². The van der Waals surface area contributed by atoms with Crippen LogP contribution in [0.4, 0.5) is 5.69 Å². The van der Waals surface area contributed by atoms with Crippen LogP contribution in [-0.4, -0.2) is 25.1 Å².